The first-order valence-corrected chi connectivity index (χ1v) is 7.60. The summed E-state index contributed by atoms with van der Waals surface area (Å²) in [6, 6.07) is 13.3. The van der Waals surface area contributed by atoms with Gasteiger partial charge in [0, 0.05) is 16.6 Å². The van der Waals surface area contributed by atoms with Crippen molar-refractivity contribution in [2.24, 2.45) is 0 Å². The summed E-state index contributed by atoms with van der Waals surface area (Å²) in [7, 11) is 1.85. The van der Waals surface area contributed by atoms with Gasteiger partial charge in [-0.25, -0.2) is 4.39 Å². The van der Waals surface area contributed by atoms with E-state index in [0.717, 1.165) is 6.42 Å². The van der Waals surface area contributed by atoms with Crippen LogP contribution in [0, 0.1) is 5.82 Å². The third kappa shape index (κ3) is 4.05. The second-order valence-electron chi connectivity index (χ2n) is 5.61. The van der Waals surface area contributed by atoms with Gasteiger partial charge < -0.3 is 5.32 Å². The van der Waals surface area contributed by atoms with E-state index in [2.05, 4.69) is 43.4 Å². The molecular formula is C18H21ClFN. The smallest absolute Gasteiger partial charge is 0.129 e. The molecule has 1 atom stereocenters. The van der Waals surface area contributed by atoms with Gasteiger partial charge in [0.2, 0.25) is 0 Å². The Morgan fingerprint density at radius 2 is 1.76 bits per heavy atom. The van der Waals surface area contributed by atoms with Crippen LogP contribution in [0.15, 0.2) is 42.5 Å². The first kappa shape index (κ1) is 16.0. The van der Waals surface area contributed by atoms with Gasteiger partial charge in [-0.3, -0.25) is 0 Å². The highest BCUT2D eigenvalue weighted by Crippen LogP contribution is 2.24. The van der Waals surface area contributed by atoms with E-state index in [1.165, 1.54) is 17.2 Å². The lowest BCUT2D eigenvalue weighted by Crippen LogP contribution is -2.20. The van der Waals surface area contributed by atoms with Crippen molar-refractivity contribution < 1.29 is 4.39 Å². The van der Waals surface area contributed by atoms with E-state index in [0.29, 0.717) is 16.5 Å². The van der Waals surface area contributed by atoms with Crippen LogP contribution in [0.25, 0.3) is 0 Å². The number of likely N-dealkylation sites (N-methyl/N-ethyl adjacent to an activating group) is 1. The Morgan fingerprint density at radius 3 is 2.29 bits per heavy atom. The minimum Gasteiger partial charge on any atom is -0.313 e. The van der Waals surface area contributed by atoms with Gasteiger partial charge in [-0.05, 0) is 42.6 Å². The zero-order valence-corrected chi connectivity index (χ0v) is 13.4. The monoisotopic (exact) mass is 305 g/mol. The summed E-state index contributed by atoms with van der Waals surface area (Å²) in [6.07, 6.45) is 0.743. The fourth-order valence-corrected chi connectivity index (χ4v) is 2.58. The Bertz CT molecular complexity index is 593. The molecule has 21 heavy (non-hydrogen) atoms. The van der Waals surface area contributed by atoms with Crippen molar-refractivity contribution in [1.29, 1.82) is 0 Å². The molecular weight excluding hydrogens is 285 g/mol. The van der Waals surface area contributed by atoms with Crippen molar-refractivity contribution in [3.63, 3.8) is 0 Å². The molecule has 1 unspecified atom stereocenters. The number of hydrogen-bond donors (Lipinski definition) is 1. The molecule has 2 aromatic rings. The van der Waals surface area contributed by atoms with Crippen LogP contribution in [0.5, 0.6) is 0 Å². The third-order valence-corrected chi connectivity index (χ3v) is 4.01. The summed E-state index contributed by atoms with van der Waals surface area (Å²) in [6.45, 7) is 4.35. The number of halogens is 2. The second-order valence-corrected chi connectivity index (χ2v) is 6.04. The summed E-state index contributed by atoms with van der Waals surface area (Å²) in [5.74, 6) is 0.258. The number of hydrogen-bond acceptors (Lipinski definition) is 1. The van der Waals surface area contributed by atoms with Crippen molar-refractivity contribution in [1.82, 2.24) is 5.32 Å². The fourth-order valence-electron chi connectivity index (χ4n) is 2.43. The zero-order valence-electron chi connectivity index (χ0n) is 12.7. The van der Waals surface area contributed by atoms with Crippen molar-refractivity contribution in [3.8, 4) is 0 Å². The molecule has 0 radical (unpaired) electrons. The van der Waals surface area contributed by atoms with E-state index in [4.69, 9.17) is 11.6 Å². The van der Waals surface area contributed by atoms with Crippen molar-refractivity contribution in [2.75, 3.05) is 7.05 Å². The molecule has 0 aliphatic carbocycles. The summed E-state index contributed by atoms with van der Waals surface area (Å²) in [5.41, 5.74) is 3.15. The maximum absolute atomic E-state index is 14.0. The van der Waals surface area contributed by atoms with Crippen LogP contribution in [0.2, 0.25) is 5.02 Å². The van der Waals surface area contributed by atoms with E-state index in [1.54, 1.807) is 12.1 Å². The van der Waals surface area contributed by atoms with Gasteiger partial charge in [-0.1, -0.05) is 55.8 Å². The molecule has 2 aromatic carbocycles. The Kier molecular flexibility index (Phi) is 5.38. The molecule has 0 aliphatic rings. The van der Waals surface area contributed by atoms with Crippen molar-refractivity contribution in [2.45, 2.75) is 32.2 Å². The Labute approximate surface area is 131 Å². The first-order chi connectivity index (χ1) is 10.0. The number of nitrogens with one attached hydrogen (secondary N) is 1. The molecule has 0 spiro atoms. The van der Waals surface area contributed by atoms with Crippen LogP contribution in [0.1, 0.15) is 42.5 Å². The number of rotatable bonds is 5. The van der Waals surface area contributed by atoms with Crippen LogP contribution in [0.3, 0.4) is 0 Å². The van der Waals surface area contributed by atoms with Crippen LogP contribution >= 0.6 is 11.6 Å². The predicted molar refractivity (Wildman–Crippen MR) is 87.4 cm³/mol. The van der Waals surface area contributed by atoms with Gasteiger partial charge in [0.15, 0.2) is 0 Å². The summed E-state index contributed by atoms with van der Waals surface area (Å²) < 4.78 is 14.0. The molecule has 0 fully saturated rings. The Balaban J connectivity index is 2.18. The standard InChI is InChI=1S/C18H21ClFN/c1-12(2)14-6-4-13(5-7-14)10-18(21-3)16-9-8-15(19)11-17(16)20/h4-9,11-12,18,21H,10H2,1-3H3. The van der Waals surface area contributed by atoms with Gasteiger partial charge in [0.1, 0.15) is 5.82 Å². The first-order valence-electron chi connectivity index (χ1n) is 7.22. The SMILES string of the molecule is CNC(Cc1ccc(C(C)C)cc1)c1ccc(Cl)cc1F. The van der Waals surface area contributed by atoms with Crippen LogP contribution in [-0.2, 0) is 6.42 Å². The summed E-state index contributed by atoms with van der Waals surface area (Å²) in [5, 5.41) is 3.60. The quantitative estimate of drug-likeness (QED) is 0.810. The largest absolute Gasteiger partial charge is 0.313 e. The van der Waals surface area contributed by atoms with E-state index in [1.807, 2.05) is 7.05 Å². The maximum atomic E-state index is 14.0. The van der Waals surface area contributed by atoms with Gasteiger partial charge in [-0.2, -0.15) is 0 Å². The molecule has 0 aromatic heterocycles. The lowest BCUT2D eigenvalue weighted by atomic mass is 9.96. The van der Waals surface area contributed by atoms with Crippen LogP contribution in [0.4, 0.5) is 4.39 Å². The molecule has 0 saturated carbocycles. The van der Waals surface area contributed by atoms with Crippen LogP contribution < -0.4 is 5.32 Å². The van der Waals surface area contributed by atoms with Gasteiger partial charge in [0.25, 0.3) is 0 Å². The van der Waals surface area contributed by atoms with E-state index >= 15 is 0 Å². The minimum absolute atomic E-state index is 0.0628. The molecule has 112 valence electrons. The molecule has 3 heteroatoms. The zero-order chi connectivity index (χ0) is 15.4. The molecule has 0 bridgehead atoms. The highest BCUT2D eigenvalue weighted by molar-refractivity contribution is 6.30. The number of benzene rings is 2. The Hall–Kier alpha value is -1.38. The van der Waals surface area contributed by atoms with E-state index in [9.17, 15) is 4.39 Å². The van der Waals surface area contributed by atoms with E-state index in [-0.39, 0.29) is 11.9 Å². The third-order valence-electron chi connectivity index (χ3n) is 3.77. The lowest BCUT2D eigenvalue weighted by Gasteiger charge is -2.18. The highest BCUT2D eigenvalue weighted by Gasteiger charge is 2.15. The second kappa shape index (κ2) is 7.06. The molecule has 0 saturated heterocycles. The van der Waals surface area contributed by atoms with E-state index < -0.39 is 0 Å². The Morgan fingerprint density at radius 1 is 1.10 bits per heavy atom. The van der Waals surface area contributed by atoms with Gasteiger partial charge in [-0.15, -0.1) is 0 Å². The highest BCUT2D eigenvalue weighted by atomic mass is 35.5. The maximum Gasteiger partial charge on any atom is 0.129 e. The van der Waals surface area contributed by atoms with Crippen molar-refractivity contribution in [3.05, 3.63) is 70.0 Å². The molecule has 0 aliphatic heterocycles. The van der Waals surface area contributed by atoms with Crippen LogP contribution in [-0.4, -0.2) is 7.05 Å². The normalized spacial score (nSPS) is 12.7. The van der Waals surface area contributed by atoms with Gasteiger partial charge >= 0.3 is 0 Å². The fraction of sp³-hybridized carbons (Fsp3) is 0.333. The minimum atomic E-state index is -0.263. The molecule has 1 nitrogen and oxygen atoms in total. The predicted octanol–water partition coefficient (Wildman–Crippen LogP) is 5.11. The summed E-state index contributed by atoms with van der Waals surface area (Å²) in [4.78, 5) is 0. The average Bonchev–Trinajstić information content (AvgIpc) is 2.46. The molecule has 0 heterocycles. The topological polar surface area (TPSA) is 12.0 Å². The lowest BCUT2D eigenvalue weighted by molar-refractivity contribution is 0.534. The average molecular weight is 306 g/mol. The molecule has 1 N–H and O–H groups in total. The summed E-state index contributed by atoms with van der Waals surface area (Å²) >= 11 is 5.81. The molecule has 2 rings (SSSR count). The van der Waals surface area contributed by atoms with Crippen molar-refractivity contribution >= 4 is 11.6 Å². The molecule has 0 amide bonds. The van der Waals surface area contributed by atoms with Gasteiger partial charge in [0.05, 0.1) is 0 Å².